The molecule has 3 aliphatic heterocycles. The summed E-state index contributed by atoms with van der Waals surface area (Å²) in [4.78, 5) is 41.3. The largest absolute Gasteiger partial charge is 0.378 e. The van der Waals surface area contributed by atoms with Gasteiger partial charge in [-0.05, 0) is 31.5 Å². The maximum absolute atomic E-state index is 14.0. The van der Waals surface area contributed by atoms with Gasteiger partial charge in [0.1, 0.15) is 0 Å². The van der Waals surface area contributed by atoms with Crippen LogP contribution in [0, 0.1) is 17.6 Å². The predicted octanol–water partition coefficient (Wildman–Crippen LogP) is 1.42. The highest BCUT2D eigenvalue weighted by atomic mass is 19.2. The molecule has 3 saturated heterocycles. The number of carbonyl (C=O) groups is 3. The summed E-state index contributed by atoms with van der Waals surface area (Å²) in [6.07, 6.45) is 0.347. The van der Waals surface area contributed by atoms with E-state index in [1.165, 1.54) is 6.07 Å². The van der Waals surface area contributed by atoms with E-state index < -0.39 is 29.0 Å². The van der Waals surface area contributed by atoms with E-state index in [1.807, 2.05) is 13.8 Å². The number of nitrogens with zero attached hydrogens (tertiary/aromatic N) is 2. The van der Waals surface area contributed by atoms with Crippen LogP contribution in [0.3, 0.4) is 0 Å². The second kappa shape index (κ2) is 8.18. The second-order valence-electron chi connectivity index (χ2n) is 8.99. The van der Waals surface area contributed by atoms with Crippen molar-refractivity contribution in [2.75, 3.05) is 32.8 Å². The van der Waals surface area contributed by atoms with Crippen LogP contribution in [0.15, 0.2) is 18.2 Å². The lowest BCUT2D eigenvalue weighted by Crippen LogP contribution is -2.56. The van der Waals surface area contributed by atoms with Crippen molar-refractivity contribution in [3.63, 3.8) is 0 Å². The standard InChI is InChI=1S/C22H27F2N3O4/c1-13(2)27-9-15(8-20(27)29)21(30)26-10-16(14-3-4-17(23)18(24)7-14)22(11-26)12-31-6-5-19(28)25-22/h3-4,7,13,15-16H,5-6,8-12H2,1-2H3,(H,25,28)/t15-,16+,22+/m1/s1. The average Bonchev–Trinajstić information content (AvgIpc) is 3.22. The third kappa shape index (κ3) is 4.03. The van der Waals surface area contributed by atoms with Crippen LogP contribution in [-0.4, -0.2) is 72.0 Å². The zero-order valence-corrected chi connectivity index (χ0v) is 17.7. The smallest absolute Gasteiger partial charge is 0.228 e. The van der Waals surface area contributed by atoms with Gasteiger partial charge >= 0.3 is 0 Å². The Morgan fingerprint density at radius 2 is 2.00 bits per heavy atom. The fraction of sp³-hybridized carbons (Fsp3) is 0.591. The van der Waals surface area contributed by atoms with Gasteiger partial charge in [-0.15, -0.1) is 0 Å². The molecule has 0 aliphatic carbocycles. The Labute approximate surface area is 179 Å². The highest BCUT2D eigenvalue weighted by Gasteiger charge is 2.52. The van der Waals surface area contributed by atoms with Crippen LogP contribution in [0.1, 0.15) is 38.2 Å². The van der Waals surface area contributed by atoms with Crippen LogP contribution < -0.4 is 5.32 Å². The maximum Gasteiger partial charge on any atom is 0.228 e. The van der Waals surface area contributed by atoms with E-state index in [1.54, 1.807) is 9.80 Å². The quantitative estimate of drug-likeness (QED) is 0.779. The van der Waals surface area contributed by atoms with Crippen molar-refractivity contribution in [2.45, 2.75) is 44.2 Å². The summed E-state index contributed by atoms with van der Waals surface area (Å²) in [7, 11) is 0. The minimum atomic E-state index is -0.979. The summed E-state index contributed by atoms with van der Waals surface area (Å²) in [5, 5.41) is 3.00. The monoisotopic (exact) mass is 435 g/mol. The normalized spacial score (nSPS) is 29.1. The van der Waals surface area contributed by atoms with E-state index in [4.69, 9.17) is 4.74 Å². The fourth-order valence-electron chi connectivity index (χ4n) is 4.95. The third-order valence-corrected chi connectivity index (χ3v) is 6.55. The molecule has 0 aromatic heterocycles. The average molecular weight is 435 g/mol. The minimum Gasteiger partial charge on any atom is -0.378 e. The Balaban J connectivity index is 1.63. The van der Waals surface area contributed by atoms with Gasteiger partial charge in [0, 0.05) is 44.4 Å². The van der Waals surface area contributed by atoms with Crippen molar-refractivity contribution >= 4 is 17.7 Å². The fourth-order valence-corrected chi connectivity index (χ4v) is 4.95. The van der Waals surface area contributed by atoms with Crippen LogP contribution in [0.5, 0.6) is 0 Å². The summed E-state index contributed by atoms with van der Waals surface area (Å²) in [5.74, 6) is -3.29. The lowest BCUT2D eigenvalue weighted by molar-refractivity contribution is -0.135. The molecule has 4 rings (SSSR count). The molecule has 7 nitrogen and oxygen atoms in total. The van der Waals surface area contributed by atoms with Gasteiger partial charge in [-0.25, -0.2) is 8.78 Å². The molecule has 1 aromatic carbocycles. The zero-order chi connectivity index (χ0) is 22.3. The molecule has 1 N–H and O–H groups in total. The lowest BCUT2D eigenvalue weighted by Gasteiger charge is -2.34. The molecule has 9 heteroatoms. The number of hydrogen-bond donors (Lipinski definition) is 1. The number of nitrogens with one attached hydrogen (secondary N) is 1. The number of carbonyl (C=O) groups excluding carboxylic acids is 3. The van der Waals surface area contributed by atoms with Crippen LogP contribution in [0.2, 0.25) is 0 Å². The molecule has 0 unspecified atom stereocenters. The minimum absolute atomic E-state index is 0.0136. The third-order valence-electron chi connectivity index (χ3n) is 6.55. The van der Waals surface area contributed by atoms with Crippen LogP contribution in [-0.2, 0) is 19.1 Å². The Morgan fingerprint density at radius 1 is 1.23 bits per heavy atom. The molecule has 3 aliphatic rings. The highest BCUT2D eigenvalue weighted by Crippen LogP contribution is 2.39. The number of amides is 3. The molecule has 0 radical (unpaired) electrons. The van der Waals surface area contributed by atoms with Crippen molar-refractivity contribution in [1.82, 2.24) is 15.1 Å². The summed E-state index contributed by atoms with van der Waals surface area (Å²) >= 11 is 0. The molecule has 0 saturated carbocycles. The zero-order valence-electron chi connectivity index (χ0n) is 17.7. The topological polar surface area (TPSA) is 79.0 Å². The first-order valence-electron chi connectivity index (χ1n) is 10.6. The summed E-state index contributed by atoms with van der Waals surface area (Å²) in [6.45, 7) is 5.01. The van der Waals surface area contributed by atoms with Crippen molar-refractivity contribution in [1.29, 1.82) is 0 Å². The van der Waals surface area contributed by atoms with E-state index in [0.29, 0.717) is 12.1 Å². The van der Waals surface area contributed by atoms with Crippen LogP contribution in [0.4, 0.5) is 8.78 Å². The van der Waals surface area contributed by atoms with Gasteiger partial charge in [-0.2, -0.15) is 0 Å². The Morgan fingerprint density at radius 3 is 2.68 bits per heavy atom. The van der Waals surface area contributed by atoms with Crippen LogP contribution >= 0.6 is 0 Å². The van der Waals surface area contributed by atoms with Gasteiger partial charge in [0.2, 0.25) is 17.7 Å². The summed E-state index contributed by atoms with van der Waals surface area (Å²) < 4.78 is 33.2. The molecule has 3 heterocycles. The van der Waals surface area contributed by atoms with E-state index in [2.05, 4.69) is 5.32 Å². The molecule has 31 heavy (non-hydrogen) atoms. The predicted molar refractivity (Wildman–Crippen MR) is 107 cm³/mol. The van der Waals surface area contributed by atoms with Gasteiger partial charge in [0.15, 0.2) is 11.6 Å². The SMILES string of the molecule is CC(C)N1C[C@H](C(=O)N2C[C@@H](c3ccc(F)c(F)c3)[C@@]3(COCCC(=O)N3)C2)CC1=O. The molecule has 0 bridgehead atoms. The van der Waals surface area contributed by atoms with Gasteiger partial charge in [-0.3, -0.25) is 14.4 Å². The first-order valence-corrected chi connectivity index (χ1v) is 10.6. The number of benzene rings is 1. The molecule has 1 aromatic rings. The molecular formula is C22H27F2N3O4. The maximum atomic E-state index is 14.0. The van der Waals surface area contributed by atoms with Crippen molar-refractivity contribution < 1.29 is 27.9 Å². The highest BCUT2D eigenvalue weighted by molar-refractivity contribution is 5.90. The number of rotatable bonds is 3. The first kappa shape index (κ1) is 21.7. The van der Waals surface area contributed by atoms with E-state index >= 15 is 0 Å². The van der Waals surface area contributed by atoms with Crippen molar-refractivity contribution in [2.24, 2.45) is 5.92 Å². The molecule has 3 atom stereocenters. The van der Waals surface area contributed by atoms with E-state index in [-0.39, 0.29) is 62.9 Å². The molecule has 3 amide bonds. The molecule has 1 spiro atoms. The Kier molecular flexibility index (Phi) is 5.72. The van der Waals surface area contributed by atoms with Crippen molar-refractivity contribution in [3.05, 3.63) is 35.4 Å². The summed E-state index contributed by atoms with van der Waals surface area (Å²) in [6, 6.07) is 3.67. The van der Waals surface area contributed by atoms with E-state index in [0.717, 1.165) is 12.1 Å². The van der Waals surface area contributed by atoms with E-state index in [9.17, 15) is 23.2 Å². The van der Waals surface area contributed by atoms with Gasteiger partial charge in [0.25, 0.3) is 0 Å². The number of halogens is 2. The van der Waals surface area contributed by atoms with Gasteiger partial charge in [0.05, 0.1) is 24.7 Å². The lowest BCUT2D eigenvalue weighted by atomic mass is 9.82. The number of ether oxygens (including phenoxy) is 1. The van der Waals surface area contributed by atoms with Gasteiger partial charge in [-0.1, -0.05) is 6.07 Å². The van der Waals surface area contributed by atoms with Gasteiger partial charge < -0.3 is 19.9 Å². The second-order valence-corrected chi connectivity index (χ2v) is 8.99. The molecule has 3 fully saturated rings. The Hall–Kier alpha value is -2.55. The molecule has 168 valence electrons. The summed E-state index contributed by atoms with van der Waals surface area (Å²) in [5.41, 5.74) is -0.445. The van der Waals surface area contributed by atoms with Crippen LogP contribution in [0.25, 0.3) is 0 Å². The number of hydrogen-bond acceptors (Lipinski definition) is 4. The van der Waals surface area contributed by atoms with Crippen molar-refractivity contribution in [3.8, 4) is 0 Å². The molecular weight excluding hydrogens is 408 g/mol. The number of likely N-dealkylation sites (tertiary alicyclic amines) is 2. The Bertz CT molecular complexity index is 909. The first-order chi connectivity index (χ1) is 14.7.